The summed E-state index contributed by atoms with van der Waals surface area (Å²) in [7, 11) is -3.56. The van der Waals surface area contributed by atoms with Gasteiger partial charge in [-0.1, -0.05) is 24.4 Å². The van der Waals surface area contributed by atoms with Crippen molar-refractivity contribution in [1.29, 1.82) is 0 Å². The van der Waals surface area contributed by atoms with Crippen molar-refractivity contribution in [2.45, 2.75) is 36.6 Å². The first kappa shape index (κ1) is 16.2. The Kier molecular flexibility index (Phi) is 5.48. The van der Waals surface area contributed by atoms with Crippen molar-refractivity contribution >= 4 is 37.6 Å². The lowest BCUT2D eigenvalue weighted by Gasteiger charge is -2.31. The number of benzene rings is 1. The average molecular weight is 382 g/mol. The zero-order valence-electron chi connectivity index (χ0n) is 11.0. The fraction of sp³-hybridized carbons (Fsp3) is 0.538. The Morgan fingerprint density at radius 2 is 2.05 bits per heavy atom. The second kappa shape index (κ2) is 6.75. The van der Waals surface area contributed by atoms with Crippen molar-refractivity contribution in [2.75, 3.05) is 6.54 Å². The Morgan fingerprint density at radius 3 is 2.70 bits per heavy atom. The van der Waals surface area contributed by atoms with Crippen molar-refractivity contribution in [2.24, 2.45) is 11.7 Å². The fourth-order valence-corrected chi connectivity index (χ4v) is 5.32. The van der Waals surface area contributed by atoms with Crippen molar-refractivity contribution in [3.05, 3.63) is 27.7 Å². The van der Waals surface area contributed by atoms with Crippen LogP contribution in [0.5, 0.6) is 0 Å². The number of nitrogens with two attached hydrogens (primary N) is 1. The zero-order valence-corrected chi connectivity index (χ0v) is 14.1. The van der Waals surface area contributed by atoms with Gasteiger partial charge in [0.05, 0.1) is 4.90 Å². The van der Waals surface area contributed by atoms with Gasteiger partial charge in [0.25, 0.3) is 0 Å². The van der Waals surface area contributed by atoms with E-state index in [2.05, 4.69) is 20.7 Å². The van der Waals surface area contributed by atoms with Crippen LogP contribution in [-0.4, -0.2) is 21.0 Å². The van der Waals surface area contributed by atoms with Gasteiger partial charge in [-0.15, -0.1) is 0 Å². The van der Waals surface area contributed by atoms with E-state index in [-0.39, 0.29) is 16.9 Å². The number of nitrogens with one attached hydrogen (secondary N) is 1. The Bertz CT molecular complexity index is 580. The van der Waals surface area contributed by atoms with Gasteiger partial charge in [-0.3, -0.25) is 0 Å². The third-order valence-corrected chi connectivity index (χ3v) is 6.40. The smallest absolute Gasteiger partial charge is 0.241 e. The molecule has 3 N–H and O–H groups in total. The standard InChI is InChI=1S/C13H18BrClN2O2S/c14-11-7-10(15)5-6-13(11)20(18,19)17-12-4-2-1-3-9(12)8-16/h5-7,9,12,17H,1-4,8,16H2. The molecule has 0 amide bonds. The van der Waals surface area contributed by atoms with Crippen LogP contribution in [0.2, 0.25) is 5.02 Å². The average Bonchev–Trinajstić information content (AvgIpc) is 2.38. The summed E-state index contributed by atoms with van der Waals surface area (Å²) in [5.74, 6) is 0.213. The van der Waals surface area contributed by atoms with Crippen LogP contribution in [0, 0.1) is 5.92 Å². The summed E-state index contributed by atoms with van der Waals surface area (Å²) in [6, 6.07) is 4.58. The molecule has 20 heavy (non-hydrogen) atoms. The largest absolute Gasteiger partial charge is 0.330 e. The first-order valence-corrected chi connectivity index (χ1v) is 9.27. The molecule has 0 bridgehead atoms. The monoisotopic (exact) mass is 380 g/mol. The van der Waals surface area contributed by atoms with E-state index in [1.54, 1.807) is 12.1 Å². The fourth-order valence-electron chi connectivity index (χ4n) is 2.60. The lowest BCUT2D eigenvalue weighted by Crippen LogP contribution is -2.44. The summed E-state index contributed by atoms with van der Waals surface area (Å²) in [4.78, 5) is 0.211. The summed E-state index contributed by atoms with van der Waals surface area (Å²) in [5, 5.41) is 0.494. The molecule has 2 atom stereocenters. The second-order valence-corrected chi connectivity index (χ2v) is 8.06. The molecule has 0 heterocycles. The van der Waals surface area contributed by atoms with Crippen LogP contribution in [0.3, 0.4) is 0 Å². The highest BCUT2D eigenvalue weighted by molar-refractivity contribution is 9.10. The first-order valence-electron chi connectivity index (χ1n) is 6.61. The SMILES string of the molecule is NCC1CCCCC1NS(=O)(=O)c1ccc(Cl)cc1Br. The Morgan fingerprint density at radius 1 is 1.35 bits per heavy atom. The minimum absolute atomic E-state index is 0.0821. The van der Waals surface area contributed by atoms with Gasteiger partial charge in [-0.2, -0.15) is 0 Å². The quantitative estimate of drug-likeness (QED) is 0.842. The molecule has 0 aliphatic heterocycles. The maximum absolute atomic E-state index is 12.5. The molecule has 7 heteroatoms. The molecule has 0 radical (unpaired) electrons. The van der Waals surface area contributed by atoms with Gasteiger partial charge in [0.1, 0.15) is 0 Å². The van der Waals surface area contributed by atoms with Crippen molar-refractivity contribution in [1.82, 2.24) is 4.72 Å². The van der Waals surface area contributed by atoms with Gasteiger partial charge in [-0.05, 0) is 59.4 Å². The second-order valence-electron chi connectivity index (χ2n) is 5.08. The van der Waals surface area contributed by atoms with Gasteiger partial charge in [-0.25, -0.2) is 13.1 Å². The van der Waals surface area contributed by atoms with Crippen molar-refractivity contribution in [3.63, 3.8) is 0 Å². The predicted molar refractivity (Wildman–Crippen MR) is 84.3 cm³/mol. The number of rotatable bonds is 4. The van der Waals surface area contributed by atoms with E-state index in [0.29, 0.717) is 16.0 Å². The number of sulfonamides is 1. The highest BCUT2D eigenvalue weighted by atomic mass is 79.9. The molecular formula is C13H18BrClN2O2S. The molecule has 2 unspecified atom stereocenters. The van der Waals surface area contributed by atoms with Gasteiger partial charge < -0.3 is 5.73 Å². The van der Waals surface area contributed by atoms with Crippen LogP contribution in [-0.2, 0) is 10.0 Å². The maximum atomic E-state index is 12.5. The molecular weight excluding hydrogens is 364 g/mol. The third-order valence-electron chi connectivity index (χ3n) is 3.70. The van der Waals surface area contributed by atoms with Crippen LogP contribution in [0.1, 0.15) is 25.7 Å². The molecule has 112 valence electrons. The molecule has 0 spiro atoms. The van der Waals surface area contributed by atoms with Gasteiger partial charge in [0, 0.05) is 15.5 Å². The highest BCUT2D eigenvalue weighted by Crippen LogP contribution is 2.28. The normalized spacial score (nSPS) is 23.8. The van der Waals surface area contributed by atoms with Crippen LogP contribution < -0.4 is 10.5 Å². The lowest BCUT2D eigenvalue weighted by atomic mass is 9.85. The number of halogens is 2. The highest BCUT2D eigenvalue weighted by Gasteiger charge is 2.29. The third kappa shape index (κ3) is 3.74. The lowest BCUT2D eigenvalue weighted by molar-refractivity contribution is 0.296. The molecule has 1 aliphatic carbocycles. The van der Waals surface area contributed by atoms with Gasteiger partial charge >= 0.3 is 0 Å². The van der Waals surface area contributed by atoms with E-state index >= 15 is 0 Å². The molecule has 4 nitrogen and oxygen atoms in total. The number of hydrogen-bond donors (Lipinski definition) is 2. The molecule has 1 saturated carbocycles. The first-order chi connectivity index (χ1) is 9.44. The summed E-state index contributed by atoms with van der Waals surface area (Å²) < 4.78 is 28.2. The van der Waals surface area contributed by atoms with E-state index in [9.17, 15) is 8.42 Å². The molecule has 2 rings (SSSR count). The minimum atomic E-state index is -3.56. The van der Waals surface area contributed by atoms with Crippen LogP contribution in [0.4, 0.5) is 0 Å². The minimum Gasteiger partial charge on any atom is -0.330 e. The Balaban J connectivity index is 2.22. The van der Waals surface area contributed by atoms with Crippen LogP contribution in [0.15, 0.2) is 27.6 Å². The summed E-state index contributed by atoms with van der Waals surface area (Å²) in [5.41, 5.74) is 5.74. The molecule has 0 saturated heterocycles. The van der Waals surface area contributed by atoms with Crippen molar-refractivity contribution in [3.8, 4) is 0 Å². The molecule has 1 aromatic rings. The Labute approximate surface area is 133 Å². The van der Waals surface area contributed by atoms with E-state index in [0.717, 1.165) is 25.7 Å². The van der Waals surface area contributed by atoms with Crippen LogP contribution >= 0.6 is 27.5 Å². The molecule has 1 aromatic carbocycles. The Hall–Kier alpha value is -0.140. The van der Waals surface area contributed by atoms with Crippen molar-refractivity contribution < 1.29 is 8.42 Å². The number of hydrogen-bond acceptors (Lipinski definition) is 3. The zero-order chi connectivity index (χ0) is 14.8. The van der Waals surface area contributed by atoms with E-state index in [1.165, 1.54) is 6.07 Å². The molecule has 0 aromatic heterocycles. The predicted octanol–water partition coefficient (Wildman–Crippen LogP) is 2.90. The van der Waals surface area contributed by atoms with Gasteiger partial charge in [0.15, 0.2) is 0 Å². The van der Waals surface area contributed by atoms with E-state index < -0.39 is 10.0 Å². The molecule has 1 aliphatic rings. The summed E-state index contributed by atoms with van der Waals surface area (Å²) in [6.45, 7) is 0.509. The van der Waals surface area contributed by atoms with Gasteiger partial charge in [0.2, 0.25) is 10.0 Å². The topological polar surface area (TPSA) is 72.2 Å². The van der Waals surface area contributed by atoms with E-state index in [4.69, 9.17) is 17.3 Å². The molecule has 1 fully saturated rings. The maximum Gasteiger partial charge on any atom is 0.241 e. The van der Waals surface area contributed by atoms with E-state index in [1.807, 2.05) is 0 Å². The summed E-state index contributed by atoms with van der Waals surface area (Å²) in [6.07, 6.45) is 3.97. The van der Waals surface area contributed by atoms with Crippen LogP contribution in [0.25, 0.3) is 0 Å². The summed E-state index contributed by atoms with van der Waals surface area (Å²) >= 11 is 9.09.